The highest BCUT2D eigenvalue weighted by atomic mass is 16.4. The van der Waals surface area contributed by atoms with Gasteiger partial charge in [0.25, 0.3) is 0 Å². The van der Waals surface area contributed by atoms with Gasteiger partial charge in [-0.2, -0.15) is 0 Å². The van der Waals surface area contributed by atoms with E-state index in [9.17, 15) is 19.5 Å². The van der Waals surface area contributed by atoms with E-state index in [1.807, 2.05) is 0 Å². The van der Waals surface area contributed by atoms with Crippen molar-refractivity contribution < 1.29 is 19.5 Å². The van der Waals surface area contributed by atoms with Crippen LogP contribution in [0.2, 0.25) is 0 Å². The third kappa shape index (κ3) is 3.86. The lowest BCUT2D eigenvalue weighted by Crippen LogP contribution is -2.55. The lowest BCUT2D eigenvalue weighted by molar-refractivity contribution is -0.143. The first-order valence-electron chi connectivity index (χ1n) is 7.54. The third-order valence-electron chi connectivity index (χ3n) is 4.21. The Morgan fingerprint density at radius 2 is 1.71 bits per heavy atom. The van der Waals surface area contributed by atoms with Gasteiger partial charge in [-0.1, -0.05) is 0 Å². The van der Waals surface area contributed by atoms with Crippen LogP contribution in [-0.4, -0.2) is 64.5 Å². The van der Waals surface area contributed by atoms with Crippen molar-refractivity contribution in [3.8, 4) is 0 Å². The van der Waals surface area contributed by atoms with Crippen LogP contribution >= 0.6 is 0 Å². The molecule has 2 heterocycles. The summed E-state index contributed by atoms with van der Waals surface area (Å²) in [7, 11) is 0. The molecule has 21 heavy (non-hydrogen) atoms. The lowest BCUT2D eigenvalue weighted by Gasteiger charge is -2.39. The van der Waals surface area contributed by atoms with Gasteiger partial charge in [0.15, 0.2) is 0 Å². The van der Waals surface area contributed by atoms with E-state index < -0.39 is 12.0 Å². The Kier molecular flexibility index (Phi) is 5.03. The van der Waals surface area contributed by atoms with Crippen molar-refractivity contribution in [2.24, 2.45) is 0 Å². The summed E-state index contributed by atoms with van der Waals surface area (Å²) in [5, 5.41) is 12.1. The first kappa shape index (κ1) is 15.6. The Balaban J connectivity index is 1.91. The van der Waals surface area contributed by atoms with E-state index >= 15 is 0 Å². The van der Waals surface area contributed by atoms with Crippen molar-refractivity contribution in [3.05, 3.63) is 0 Å². The second-order valence-electron chi connectivity index (χ2n) is 5.79. The number of hydrogen-bond acceptors (Lipinski definition) is 3. The standard InChI is InChI=1S/C14H23N3O4/c1-10(18)15-11-5-8-16(9-6-11)14(21)17-7-3-2-4-12(17)13(19)20/h11-12H,2-9H2,1H3,(H,15,18)(H,19,20). The van der Waals surface area contributed by atoms with Crippen molar-refractivity contribution in [1.29, 1.82) is 0 Å². The van der Waals surface area contributed by atoms with Crippen LogP contribution in [-0.2, 0) is 9.59 Å². The summed E-state index contributed by atoms with van der Waals surface area (Å²) in [5.41, 5.74) is 0. The second-order valence-corrected chi connectivity index (χ2v) is 5.79. The van der Waals surface area contributed by atoms with Crippen molar-refractivity contribution in [1.82, 2.24) is 15.1 Å². The van der Waals surface area contributed by atoms with Gasteiger partial charge in [0.1, 0.15) is 6.04 Å². The van der Waals surface area contributed by atoms with Crippen LogP contribution < -0.4 is 5.32 Å². The molecule has 7 nitrogen and oxygen atoms in total. The minimum absolute atomic E-state index is 0.0539. The van der Waals surface area contributed by atoms with Crippen LogP contribution in [0.5, 0.6) is 0 Å². The topological polar surface area (TPSA) is 90.0 Å². The van der Waals surface area contributed by atoms with Crippen LogP contribution in [0.3, 0.4) is 0 Å². The minimum atomic E-state index is -0.920. The highest BCUT2D eigenvalue weighted by molar-refractivity contribution is 5.83. The van der Waals surface area contributed by atoms with Crippen LogP contribution in [0, 0.1) is 0 Å². The molecule has 0 radical (unpaired) electrons. The van der Waals surface area contributed by atoms with E-state index in [0.717, 1.165) is 25.7 Å². The van der Waals surface area contributed by atoms with Crippen molar-refractivity contribution >= 4 is 17.9 Å². The van der Waals surface area contributed by atoms with Gasteiger partial charge >= 0.3 is 12.0 Å². The van der Waals surface area contributed by atoms with Gasteiger partial charge in [-0.15, -0.1) is 0 Å². The van der Waals surface area contributed by atoms with Gasteiger partial charge in [0.05, 0.1) is 0 Å². The molecule has 0 aromatic rings. The number of piperidine rings is 2. The van der Waals surface area contributed by atoms with E-state index in [-0.39, 0.29) is 18.0 Å². The first-order chi connectivity index (χ1) is 9.99. The highest BCUT2D eigenvalue weighted by Crippen LogP contribution is 2.21. The monoisotopic (exact) mass is 297 g/mol. The number of carboxylic acid groups (broad SMARTS) is 1. The molecule has 2 aliphatic rings. The van der Waals surface area contributed by atoms with E-state index in [4.69, 9.17) is 0 Å². The molecule has 1 atom stereocenters. The molecule has 2 fully saturated rings. The van der Waals surface area contributed by atoms with Crippen LogP contribution in [0.15, 0.2) is 0 Å². The number of hydrogen-bond donors (Lipinski definition) is 2. The molecule has 2 N–H and O–H groups in total. The highest BCUT2D eigenvalue weighted by Gasteiger charge is 2.35. The summed E-state index contributed by atoms with van der Waals surface area (Å²) in [6, 6.07) is -0.758. The fraction of sp³-hybridized carbons (Fsp3) is 0.786. The van der Waals surface area contributed by atoms with E-state index in [0.29, 0.717) is 26.1 Å². The zero-order chi connectivity index (χ0) is 15.4. The Labute approximate surface area is 124 Å². The predicted molar refractivity (Wildman–Crippen MR) is 75.8 cm³/mol. The number of rotatable bonds is 2. The number of nitrogens with one attached hydrogen (secondary N) is 1. The third-order valence-corrected chi connectivity index (χ3v) is 4.21. The SMILES string of the molecule is CC(=O)NC1CCN(C(=O)N2CCCCC2C(=O)O)CC1. The lowest BCUT2D eigenvalue weighted by atomic mass is 10.0. The fourth-order valence-corrected chi connectivity index (χ4v) is 3.10. The van der Waals surface area contributed by atoms with Gasteiger partial charge in [0, 0.05) is 32.6 Å². The molecule has 7 heteroatoms. The smallest absolute Gasteiger partial charge is 0.326 e. The second kappa shape index (κ2) is 6.78. The van der Waals surface area contributed by atoms with Crippen molar-refractivity contribution in [2.75, 3.05) is 19.6 Å². The van der Waals surface area contributed by atoms with E-state index in [2.05, 4.69) is 5.32 Å². The molecule has 118 valence electrons. The number of urea groups is 1. The molecule has 0 spiro atoms. The minimum Gasteiger partial charge on any atom is -0.480 e. The maximum absolute atomic E-state index is 12.5. The molecule has 2 aliphatic heterocycles. The molecule has 0 bridgehead atoms. The Hall–Kier alpha value is -1.79. The first-order valence-corrected chi connectivity index (χ1v) is 7.54. The number of likely N-dealkylation sites (tertiary alicyclic amines) is 2. The number of carbonyl (C=O) groups excluding carboxylic acids is 2. The fourth-order valence-electron chi connectivity index (χ4n) is 3.10. The van der Waals surface area contributed by atoms with Gasteiger partial charge in [0.2, 0.25) is 5.91 Å². The molecule has 1 unspecified atom stereocenters. The number of amides is 3. The predicted octanol–water partition coefficient (Wildman–Crippen LogP) is 0.646. The zero-order valence-corrected chi connectivity index (χ0v) is 12.4. The van der Waals surface area contributed by atoms with Crippen LogP contribution in [0.4, 0.5) is 4.79 Å². The molecule has 0 saturated carbocycles. The van der Waals surface area contributed by atoms with Gasteiger partial charge in [-0.3, -0.25) is 4.79 Å². The summed E-state index contributed by atoms with van der Waals surface area (Å²) in [5.74, 6) is -0.974. The number of carboxylic acids is 1. The molecule has 2 saturated heterocycles. The van der Waals surface area contributed by atoms with Crippen LogP contribution in [0.1, 0.15) is 39.0 Å². The summed E-state index contributed by atoms with van der Waals surface area (Å²) in [6.07, 6.45) is 3.68. The molecule has 0 aromatic carbocycles. The molecular formula is C14H23N3O4. The number of carbonyl (C=O) groups is 3. The normalized spacial score (nSPS) is 23.8. The van der Waals surface area contributed by atoms with Gasteiger partial charge < -0.3 is 20.2 Å². The largest absolute Gasteiger partial charge is 0.480 e. The maximum atomic E-state index is 12.5. The van der Waals surface area contributed by atoms with Crippen LogP contribution in [0.25, 0.3) is 0 Å². The average molecular weight is 297 g/mol. The summed E-state index contributed by atoms with van der Waals surface area (Å²) < 4.78 is 0. The summed E-state index contributed by atoms with van der Waals surface area (Å²) >= 11 is 0. The van der Waals surface area contributed by atoms with Crippen molar-refractivity contribution in [3.63, 3.8) is 0 Å². The number of nitrogens with zero attached hydrogens (tertiary/aromatic N) is 2. The molecule has 0 aliphatic carbocycles. The maximum Gasteiger partial charge on any atom is 0.326 e. The Morgan fingerprint density at radius 3 is 2.29 bits per heavy atom. The summed E-state index contributed by atoms with van der Waals surface area (Å²) in [4.78, 5) is 38.0. The Morgan fingerprint density at radius 1 is 1.05 bits per heavy atom. The van der Waals surface area contributed by atoms with Gasteiger partial charge in [-0.05, 0) is 32.1 Å². The zero-order valence-electron chi connectivity index (χ0n) is 12.4. The summed E-state index contributed by atoms with van der Waals surface area (Å²) in [6.45, 7) is 3.13. The average Bonchev–Trinajstić information content (AvgIpc) is 2.46. The quantitative estimate of drug-likeness (QED) is 0.783. The Bertz CT molecular complexity index is 418. The van der Waals surface area contributed by atoms with Crippen molar-refractivity contribution in [2.45, 2.75) is 51.1 Å². The van der Waals surface area contributed by atoms with E-state index in [1.54, 1.807) is 4.90 Å². The molecule has 2 rings (SSSR count). The molecule has 3 amide bonds. The van der Waals surface area contributed by atoms with Gasteiger partial charge in [-0.25, -0.2) is 9.59 Å². The molecule has 0 aromatic heterocycles. The van der Waals surface area contributed by atoms with E-state index in [1.165, 1.54) is 11.8 Å². The molecular weight excluding hydrogens is 274 g/mol. The number of aliphatic carboxylic acids is 1.